The van der Waals surface area contributed by atoms with Crippen molar-refractivity contribution in [2.45, 2.75) is 0 Å². The molecule has 288 valence electrons. The van der Waals surface area contributed by atoms with Crippen molar-refractivity contribution in [3.63, 3.8) is 0 Å². The Morgan fingerprint density at radius 1 is 0.290 bits per heavy atom. The molecule has 0 atom stereocenters. The SMILES string of the molecule is c1ccc(-c2ccc(-n3c4ccccc4c4cc(-c5ccc6c(c5)c5c7ccccc7ccc5n6-c5nc(-c6ccc7ccccc7c6)c6ccccc6n5)ccc43)cc2)cc1. The Morgan fingerprint density at radius 3 is 1.68 bits per heavy atom. The molecule has 3 heterocycles. The zero-order chi connectivity index (χ0) is 40.7. The molecule has 0 radical (unpaired) electrons. The summed E-state index contributed by atoms with van der Waals surface area (Å²) in [5.41, 5.74) is 13.3. The van der Waals surface area contributed by atoms with Gasteiger partial charge in [0.2, 0.25) is 5.95 Å². The van der Waals surface area contributed by atoms with E-state index in [9.17, 15) is 0 Å². The fraction of sp³-hybridized carbons (Fsp3) is 0. The van der Waals surface area contributed by atoms with Gasteiger partial charge in [0.1, 0.15) is 0 Å². The molecule has 0 aliphatic carbocycles. The molecule has 13 rings (SSSR count). The third-order valence-electron chi connectivity index (χ3n) is 12.7. The van der Waals surface area contributed by atoms with Crippen molar-refractivity contribution in [1.82, 2.24) is 19.1 Å². The molecular formula is C58H36N4. The average molecular weight is 789 g/mol. The van der Waals surface area contributed by atoms with E-state index in [0.29, 0.717) is 5.95 Å². The van der Waals surface area contributed by atoms with E-state index in [1.165, 1.54) is 70.8 Å². The van der Waals surface area contributed by atoms with Crippen LogP contribution in [0, 0.1) is 0 Å². The van der Waals surface area contributed by atoms with E-state index < -0.39 is 0 Å². The van der Waals surface area contributed by atoms with Crippen LogP contribution in [0.1, 0.15) is 0 Å². The Kier molecular flexibility index (Phi) is 7.57. The first-order valence-electron chi connectivity index (χ1n) is 21.2. The van der Waals surface area contributed by atoms with Gasteiger partial charge in [-0.1, -0.05) is 158 Å². The van der Waals surface area contributed by atoms with Gasteiger partial charge in [-0.15, -0.1) is 0 Å². The first-order chi connectivity index (χ1) is 30.7. The van der Waals surface area contributed by atoms with Crippen LogP contribution in [0.4, 0.5) is 0 Å². The van der Waals surface area contributed by atoms with Crippen molar-refractivity contribution < 1.29 is 0 Å². The van der Waals surface area contributed by atoms with Gasteiger partial charge in [-0.2, -0.15) is 0 Å². The predicted molar refractivity (Wildman–Crippen MR) is 260 cm³/mol. The summed E-state index contributed by atoms with van der Waals surface area (Å²) in [4.78, 5) is 10.7. The van der Waals surface area contributed by atoms with Crippen LogP contribution in [-0.2, 0) is 0 Å². The summed E-state index contributed by atoms with van der Waals surface area (Å²) >= 11 is 0. The zero-order valence-electron chi connectivity index (χ0n) is 33.6. The smallest absolute Gasteiger partial charge is 0.235 e. The molecule has 13 aromatic rings. The third kappa shape index (κ3) is 5.33. The Hall–Kier alpha value is -8.34. The molecule has 0 bridgehead atoms. The van der Waals surface area contributed by atoms with Crippen molar-refractivity contribution in [2.75, 3.05) is 0 Å². The Bertz CT molecular complexity index is 3910. The van der Waals surface area contributed by atoms with Crippen LogP contribution in [0.5, 0.6) is 0 Å². The summed E-state index contributed by atoms with van der Waals surface area (Å²) in [6, 6.07) is 78.7. The molecule has 3 aromatic heterocycles. The number of para-hydroxylation sites is 2. The van der Waals surface area contributed by atoms with Gasteiger partial charge in [0, 0.05) is 38.2 Å². The minimum absolute atomic E-state index is 0.654. The minimum Gasteiger partial charge on any atom is -0.309 e. The van der Waals surface area contributed by atoms with Crippen molar-refractivity contribution in [2.24, 2.45) is 0 Å². The average Bonchev–Trinajstić information content (AvgIpc) is 3.86. The fourth-order valence-corrected chi connectivity index (χ4v) is 9.77. The molecular weight excluding hydrogens is 753 g/mol. The van der Waals surface area contributed by atoms with Gasteiger partial charge in [0.15, 0.2) is 0 Å². The van der Waals surface area contributed by atoms with Gasteiger partial charge in [-0.05, 0) is 104 Å². The highest BCUT2D eigenvalue weighted by Gasteiger charge is 2.20. The molecule has 0 aliphatic heterocycles. The predicted octanol–water partition coefficient (Wildman–Crippen LogP) is 15.1. The fourth-order valence-electron chi connectivity index (χ4n) is 9.77. The van der Waals surface area contributed by atoms with Crippen LogP contribution in [0.25, 0.3) is 121 Å². The number of hydrogen-bond donors (Lipinski definition) is 0. The summed E-state index contributed by atoms with van der Waals surface area (Å²) in [5, 5.41) is 10.6. The van der Waals surface area contributed by atoms with Crippen LogP contribution in [0.2, 0.25) is 0 Å². The van der Waals surface area contributed by atoms with Crippen molar-refractivity contribution in [1.29, 1.82) is 0 Å². The molecule has 0 amide bonds. The third-order valence-corrected chi connectivity index (χ3v) is 12.7. The van der Waals surface area contributed by atoms with Gasteiger partial charge < -0.3 is 4.57 Å². The zero-order valence-corrected chi connectivity index (χ0v) is 33.6. The number of fused-ring (bicyclic) bond motifs is 10. The molecule has 0 N–H and O–H groups in total. The van der Waals surface area contributed by atoms with E-state index in [1.807, 2.05) is 0 Å². The number of benzene rings is 10. The lowest BCUT2D eigenvalue weighted by Gasteiger charge is -2.12. The van der Waals surface area contributed by atoms with Gasteiger partial charge in [-0.25, -0.2) is 9.97 Å². The highest BCUT2D eigenvalue weighted by Crippen LogP contribution is 2.41. The highest BCUT2D eigenvalue weighted by molar-refractivity contribution is 6.22. The lowest BCUT2D eigenvalue weighted by atomic mass is 9.99. The van der Waals surface area contributed by atoms with Gasteiger partial charge in [0.05, 0.1) is 33.3 Å². The first-order valence-corrected chi connectivity index (χ1v) is 21.2. The Balaban J connectivity index is 1.00. The summed E-state index contributed by atoms with van der Waals surface area (Å²) < 4.78 is 4.65. The van der Waals surface area contributed by atoms with Crippen molar-refractivity contribution in [3.8, 4) is 45.1 Å². The van der Waals surface area contributed by atoms with E-state index in [0.717, 1.165) is 44.4 Å². The van der Waals surface area contributed by atoms with E-state index in [-0.39, 0.29) is 0 Å². The molecule has 0 unspecified atom stereocenters. The number of hydrogen-bond acceptors (Lipinski definition) is 2. The van der Waals surface area contributed by atoms with Gasteiger partial charge in [-0.3, -0.25) is 4.57 Å². The maximum absolute atomic E-state index is 5.44. The summed E-state index contributed by atoms with van der Waals surface area (Å²) in [6.07, 6.45) is 0. The number of nitrogens with zero attached hydrogens (tertiary/aromatic N) is 4. The molecule has 0 saturated carbocycles. The molecule has 62 heavy (non-hydrogen) atoms. The van der Waals surface area contributed by atoms with E-state index >= 15 is 0 Å². The van der Waals surface area contributed by atoms with E-state index in [1.54, 1.807) is 0 Å². The molecule has 10 aromatic carbocycles. The standard InChI is InChI=1S/C58H36N4/c1-2-12-37(13-3-1)39-24-29-45(30-25-39)61-52-21-11-9-18-47(52)49-35-42(27-31-53(49)61)43-28-32-54-50(36-43)56-46-17-7-6-15-40(46)26-33-55(56)62(54)58-59-51-20-10-8-19-48(51)57(60-58)44-23-22-38-14-4-5-16-41(38)34-44/h1-36H. The highest BCUT2D eigenvalue weighted by atomic mass is 15.2. The second-order valence-electron chi connectivity index (χ2n) is 16.2. The van der Waals surface area contributed by atoms with Crippen molar-refractivity contribution >= 4 is 76.1 Å². The second-order valence-corrected chi connectivity index (χ2v) is 16.2. The lowest BCUT2D eigenvalue weighted by molar-refractivity contribution is 1.01. The molecule has 4 nitrogen and oxygen atoms in total. The van der Waals surface area contributed by atoms with Crippen LogP contribution in [-0.4, -0.2) is 19.1 Å². The van der Waals surface area contributed by atoms with Gasteiger partial charge in [0.25, 0.3) is 0 Å². The minimum atomic E-state index is 0.654. The maximum atomic E-state index is 5.44. The Labute approximate surface area is 357 Å². The van der Waals surface area contributed by atoms with E-state index in [4.69, 9.17) is 9.97 Å². The number of aromatic nitrogens is 4. The van der Waals surface area contributed by atoms with Crippen LogP contribution < -0.4 is 0 Å². The van der Waals surface area contributed by atoms with E-state index in [2.05, 4.69) is 228 Å². The van der Waals surface area contributed by atoms with Crippen LogP contribution in [0.3, 0.4) is 0 Å². The van der Waals surface area contributed by atoms with Crippen LogP contribution >= 0.6 is 0 Å². The van der Waals surface area contributed by atoms with Gasteiger partial charge >= 0.3 is 0 Å². The number of rotatable bonds is 5. The van der Waals surface area contributed by atoms with Crippen LogP contribution in [0.15, 0.2) is 218 Å². The summed E-state index contributed by atoms with van der Waals surface area (Å²) in [5.74, 6) is 0.654. The molecule has 0 fully saturated rings. The quantitative estimate of drug-likeness (QED) is 0.174. The largest absolute Gasteiger partial charge is 0.309 e. The Morgan fingerprint density at radius 2 is 0.855 bits per heavy atom. The summed E-state index contributed by atoms with van der Waals surface area (Å²) in [7, 11) is 0. The topological polar surface area (TPSA) is 35.6 Å². The maximum Gasteiger partial charge on any atom is 0.235 e. The molecule has 0 aliphatic rings. The monoisotopic (exact) mass is 788 g/mol. The normalized spacial score (nSPS) is 11.9. The first kappa shape index (κ1) is 34.5. The molecule has 0 spiro atoms. The molecule has 0 saturated heterocycles. The molecule has 4 heteroatoms. The summed E-state index contributed by atoms with van der Waals surface area (Å²) in [6.45, 7) is 0. The second kappa shape index (κ2) is 13.6. The van der Waals surface area contributed by atoms with Crippen molar-refractivity contribution in [3.05, 3.63) is 218 Å². The lowest BCUT2D eigenvalue weighted by Crippen LogP contribution is -2.03.